The molecule has 0 aliphatic heterocycles. The molecule has 0 radical (unpaired) electrons. The van der Waals surface area contributed by atoms with Gasteiger partial charge in [-0.3, -0.25) is 9.48 Å². The Bertz CT molecular complexity index is 577. The summed E-state index contributed by atoms with van der Waals surface area (Å²) < 4.78 is 1.73. The molecule has 0 aliphatic rings. The molecule has 3 nitrogen and oxygen atoms in total. The number of ketones is 1. The number of Topliss-reactive ketones (excluding diaryl/α,β-unsaturated/α-hetero) is 1. The molecule has 94 valence electrons. The van der Waals surface area contributed by atoms with Crippen molar-refractivity contribution in [1.82, 2.24) is 9.78 Å². The maximum atomic E-state index is 12.1. The van der Waals surface area contributed by atoms with Crippen LogP contribution in [-0.4, -0.2) is 15.6 Å². The number of aromatic nitrogens is 2. The van der Waals surface area contributed by atoms with Crippen LogP contribution in [0.5, 0.6) is 0 Å². The average molecular weight is 242 g/mol. The van der Waals surface area contributed by atoms with Crippen molar-refractivity contribution < 1.29 is 4.79 Å². The Kier molecular flexibility index (Phi) is 3.32. The van der Waals surface area contributed by atoms with Gasteiger partial charge < -0.3 is 0 Å². The summed E-state index contributed by atoms with van der Waals surface area (Å²) in [6, 6.07) is 7.98. The number of hydrogen-bond donors (Lipinski definition) is 0. The first-order valence-electron chi connectivity index (χ1n) is 6.07. The summed E-state index contributed by atoms with van der Waals surface area (Å²) in [6.45, 7) is 6.08. The van der Waals surface area contributed by atoms with Crippen LogP contribution in [0.15, 0.2) is 24.3 Å². The highest BCUT2D eigenvalue weighted by atomic mass is 16.1. The van der Waals surface area contributed by atoms with Crippen molar-refractivity contribution in [3.8, 4) is 0 Å². The Morgan fingerprint density at radius 1 is 1.17 bits per heavy atom. The van der Waals surface area contributed by atoms with E-state index < -0.39 is 0 Å². The fourth-order valence-electron chi connectivity index (χ4n) is 1.89. The van der Waals surface area contributed by atoms with Gasteiger partial charge in [0.1, 0.15) is 5.69 Å². The minimum absolute atomic E-state index is 0.0713. The molecule has 1 aromatic heterocycles. The number of carbonyl (C=O) groups is 1. The molecular weight excluding hydrogens is 224 g/mol. The fourth-order valence-corrected chi connectivity index (χ4v) is 1.89. The van der Waals surface area contributed by atoms with Crippen LogP contribution in [-0.2, 0) is 13.5 Å². The quantitative estimate of drug-likeness (QED) is 0.776. The maximum Gasteiger partial charge on any atom is 0.187 e. The van der Waals surface area contributed by atoms with Crippen LogP contribution in [0.25, 0.3) is 0 Å². The summed E-state index contributed by atoms with van der Waals surface area (Å²) in [7, 11) is 1.85. The van der Waals surface area contributed by atoms with E-state index in [1.54, 1.807) is 4.68 Å². The molecule has 18 heavy (non-hydrogen) atoms. The molecule has 0 unspecified atom stereocenters. The van der Waals surface area contributed by atoms with Crippen LogP contribution in [0.2, 0.25) is 0 Å². The van der Waals surface area contributed by atoms with E-state index >= 15 is 0 Å². The van der Waals surface area contributed by atoms with Gasteiger partial charge >= 0.3 is 0 Å². The van der Waals surface area contributed by atoms with Gasteiger partial charge in [0.2, 0.25) is 0 Å². The van der Waals surface area contributed by atoms with Gasteiger partial charge in [0.05, 0.1) is 0 Å². The molecule has 0 spiro atoms. The second-order valence-electron chi connectivity index (χ2n) is 4.81. The zero-order valence-corrected chi connectivity index (χ0v) is 11.3. The molecule has 0 bridgehead atoms. The van der Waals surface area contributed by atoms with Crippen molar-refractivity contribution in [2.75, 3.05) is 0 Å². The van der Waals surface area contributed by atoms with Crippen molar-refractivity contribution in [3.63, 3.8) is 0 Å². The van der Waals surface area contributed by atoms with E-state index in [0.29, 0.717) is 12.1 Å². The lowest BCUT2D eigenvalue weighted by Crippen LogP contribution is -2.05. The van der Waals surface area contributed by atoms with Crippen LogP contribution in [0.3, 0.4) is 0 Å². The third kappa shape index (κ3) is 2.50. The van der Waals surface area contributed by atoms with E-state index in [9.17, 15) is 4.79 Å². The predicted molar refractivity (Wildman–Crippen MR) is 71.9 cm³/mol. The highest BCUT2D eigenvalue weighted by molar-refractivity contribution is 5.95. The van der Waals surface area contributed by atoms with E-state index in [1.807, 2.05) is 26.1 Å². The van der Waals surface area contributed by atoms with Crippen LogP contribution in [0.1, 0.15) is 32.9 Å². The summed E-state index contributed by atoms with van der Waals surface area (Å²) >= 11 is 0. The van der Waals surface area contributed by atoms with Gasteiger partial charge in [-0.15, -0.1) is 0 Å². The van der Waals surface area contributed by atoms with Crippen LogP contribution >= 0.6 is 0 Å². The number of benzene rings is 1. The summed E-state index contributed by atoms with van der Waals surface area (Å²) in [5, 5.41) is 4.21. The molecule has 0 amide bonds. The minimum atomic E-state index is 0.0713. The van der Waals surface area contributed by atoms with Crippen molar-refractivity contribution in [1.29, 1.82) is 0 Å². The zero-order valence-electron chi connectivity index (χ0n) is 11.3. The monoisotopic (exact) mass is 242 g/mol. The van der Waals surface area contributed by atoms with Gasteiger partial charge in [-0.05, 0) is 43.5 Å². The summed E-state index contributed by atoms with van der Waals surface area (Å²) in [5.41, 5.74) is 5.07. The molecule has 1 aromatic carbocycles. The van der Waals surface area contributed by atoms with Crippen LogP contribution in [0.4, 0.5) is 0 Å². The number of aryl methyl sites for hydroxylation is 4. The van der Waals surface area contributed by atoms with Gasteiger partial charge in [-0.2, -0.15) is 5.10 Å². The summed E-state index contributed by atoms with van der Waals surface area (Å²) in [6.07, 6.45) is 0.414. The molecule has 1 heterocycles. The first kappa shape index (κ1) is 12.6. The molecule has 0 saturated carbocycles. The molecular formula is C15H18N2O. The highest BCUT2D eigenvalue weighted by Crippen LogP contribution is 2.12. The summed E-state index contributed by atoms with van der Waals surface area (Å²) in [5.74, 6) is 0.0713. The number of nitrogens with zero attached hydrogens (tertiary/aromatic N) is 2. The number of rotatable bonds is 3. The normalized spacial score (nSPS) is 10.7. The zero-order chi connectivity index (χ0) is 13.3. The molecule has 0 aliphatic carbocycles. The van der Waals surface area contributed by atoms with Crippen LogP contribution < -0.4 is 0 Å². The predicted octanol–water partition coefficient (Wildman–Crippen LogP) is 2.77. The van der Waals surface area contributed by atoms with E-state index in [4.69, 9.17) is 0 Å². The first-order chi connectivity index (χ1) is 8.47. The second-order valence-corrected chi connectivity index (χ2v) is 4.81. The topological polar surface area (TPSA) is 34.9 Å². The van der Waals surface area contributed by atoms with E-state index in [2.05, 4.69) is 31.1 Å². The maximum absolute atomic E-state index is 12.1. The van der Waals surface area contributed by atoms with Gasteiger partial charge in [0, 0.05) is 19.2 Å². The standard InChI is InChI=1S/C15H18N2O/c1-10-5-6-13(7-11(10)2)9-15(18)14-8-12(3)17(4)16-14/h5-8H,9H2,1-4H3. The number of carbonyl (C=O) groups excluding carboxylic acids is 1. The molecule has 0 N–H and O–H groups in total. The second kappa shape index (κ2) is 4.77. The van der Waals surface area contributed by atoms with E-state index in [-0.39, 0.29) is 5.78 Å². The van der Waals surface area contributed by atoms with Gasteiger partial charge in [0.25, 0.3) is 0 Å². The fraction of sp³-hybridized carbons (Fsp3) is 0.333. The van der Waals surface area contributed by atoms with Gasteiger partial charge in [-0.1, -0.05) is 18.2 Å². The Morgan fingerprint density at radius 2 is 1.89 bits per heavy atom. The minimum Gasteiger partial charge on any atom is -0.292 e. The molecule has 0 atom stereocenters. The third-order valence-electron chi connectivity index (χ3n) is 3.34. The Hall–Kier alpha value is -1.90. The molecule has 3 heteroatoms. The van der Waals surface area contributed by atoms with Crippen molar-refractivity contribution in [3.05, 3.63) is 52.3 Å². The Labute approximate surface area is 107 Å². The Morgan fingerprint density at radius 3 is 2.44 bits per heavy atom. The molecule has 0 fully saturated rings. The lowest BCUT2D eigenvalue weighted by molar-refractivity contribution is 0.0987. The Balaban J connectivity index is 2.18. The smallest absolute Gasteiger partial charge is 0.187 e. The largest absolute Gasteiger partial charge is 0.292 e. The van der Waals surface area contributed by atoms with E-state index in [0.717, 1.165) is 11.3 Å². The SMILES string of the molecule is Cc1ccc(CC(=O)c2cc(C)n(C)n2)cc1C. The van der Waals surface area contributed by atoms with Gasteiger partial charge in [0.15, 0.2) is 5.78 Å². The third-order valence-corrected chi connectivity index (χ3v) is 3.34. The highest BCUT2D eigenvalue weighted by Gasteiger charge is 2.12. The molecule has 0 saturated heterocycles. The van der Waals surface area contributed by atoms with E-state index in [1.165, 1.54) is 11.1 Å². The van der Waals surface area contributed by atoms with Crippen LogP contribution in [0, 0.1) is 20.8 Å². The molecule has 2 rings (SSSR count). The molecule has 2 aromatic rings. The van der Waals surface area contributed by atoms with Crippen molar-refractivity contribution in [2.45, 2.75) is 27.2 Å². The first-order valence-corrected chi connectivity index (χ1v) is 6.07. The lowest BCUT2D eigenvalue weighted by Gasteiger charge is -2.03. The summed E-state index contributed by atoms with van der Waals surface area (Å²) in [4.78, 5) is 12.1. The lowest BCUT2D eigenvalue weighted by atomic mass is 10.0. The van der Waals surface area contributed by atoms with Crippen molar-refractivity contribution >= 4 is 5.78 Å². The number of hydrogen-bond acceptors (Lipinski definition) is 2. The average Bonchev–Trinajstić information content (AvgIpc) is 2.65. The van der Waals surface area contributed by atoms with Crippen molar-refractivity contribution in [2.24, 2.45) is 7.05 Å². The van der Waals surface area contributed by atoms with Gasteiger partial charge in [-0.25, -0.2) is 0 Å².